The lowest BCUT2D eigenvalue weighted by Crippen LogP contribution is -1.80. The van der Waals surface area contributed by atoms with Crippen molar-refractivity contribution in [2.75, 3.05) is 0 Å². The van der Waals surface area contributed by atoms with Gasteiger partial charge >= 0.3 is 0 Å². The topological polar surface area (TPSA) is 68.3 Å². The van der Waals surface area contributed by atoms with Crippen LogP contribution in [0.2, 0.25) is 0 Å². The van der Waals surface area contributed by atoms with Crippen LogP contribution in [0.1, 0.15) is 234 Å². The average molecular weight is 621 g/mol. The van der Waals surface area contributed by atoms with Crippen LogP contribution in [-0.4, -0.2) is 23.1 Å². The van der Waals surface area contributed by atoms with Crippen molar-refractivity contribution in [3.8, 4) is 0 Å². The molecule has 0 bridgehead atoms. The first kappa shape index (κ1) is 105. The molecular formula is C38H100O4. The molecule has 0 saturated carbocycles. The fourth-order valence-electron chi connectivity index (χ4n) is 0. The molecule has 0 N–H and O–H groups in total. The zero-order valence-corrected chi connectivity index (χ0v) is 37.0. The van der Waals surface area contributed by atoms with E-state index in [1.54, 1.807) is 13.8 Å². The second-order valence-electron chi connectivity index (χ2n) is 3.93. The summed E-state index contributed by atoms with van der Waals surface area (Å²) in [7, 11) is 0. The van der Waals surface area contributed by atoms with E-state index in [2.05, 4.69) is 0 Å². The fourth-order valence-corrected chi connectivity index (χ4v) is 0. The molecule has 0 radical (unpaired) electrons. The van der Waals surface area contributed by atoms with E-state index in [9.17, 15) is 19.2 Å². The number of hydrogen-bond donors (Lipinski definition) is 0. The van der Waals surface area contributed by atoms with E-state index in [1.807, 2.05) is 180 Å². The van der Waals surface area contributed by atoms with E-state index in [0.717, 1.165) is 0 Å². The normalized spacial score (nSPS) is 4.76. The van der Waals surface area contributed by atoms with E-state index in [1.165, 1.54) is 27.7 Å². The van der Waals surface area contributed by atoms with Gasteiger partial charge in [0.05, 0.1) is 0 Å². The van der Waals surface area contributed by atoms with E-state index in [-0.39, 0.29) is 23.1 Å². The molecule has 0 amide bonds. The van der Waals surface area contributed by atoms with Gasteiger partial charge in [0.2, 0.25) is 0 Å². The van der Waals surface area contributed by atoms with Gasteiger partial charge in [-0.1, -0.05) is 180 Å². The molecule has 0 rings (SSSR count). The second kappa shape index (κ2) is 369. The lowest BCUT2D eigenvalue weighted by molar-refractivity contribution is -0.117. The van der Waals surface area contributed by atoms with Gasteiger partial charge in [-0.05, 0) is 41.5 Å². The van der Waals surface area contributed by atoms with E-state index >= 15 is 0 Å². The molecule has 0 aromatic rings. The zero-order chi connectivity index (χ0) is 39.7. The molecule has 4 heteroatoms. The molecular weight excluding hydrogens is 520 g/mol. The standard InChI is InChI=1S/2C4H8O.2C3H6O.12C2H6/c2*1-3-4(2)5;2*1-3(2)4;12*1-2/h2*3H2,1-2H3;2*1-2H3;12*1-2H3. The molecule has 0 aromatic carbocycles. The maximum absolute atomic E-state index is 9.81. The highest BCUT2D eigenvalue weighted by Gasteiger charge is 1.77. The first-order valence-electron chi connectivity index (χ1n) is 17.9. The summed E-state index contributed by atoms with van der Waals surface area (Å²) in [6.07, 6.45) is 1.33. The number of carbonyl (C=O) groups excluding carboxylic acids is 4. The Morgan fingerprint density at radius 2 is 0.286 bits per heavy atom. The smallest absolute Gasteiger partial charge is 0.129 e. The van der Waals surface area contributed by atoms with E-state index < -0.39 is 0 Å². The van der Waals surface area contributed by atoms with Crippen molar-refractivity contribution in [1.29, 1.82) is 0 Å². The number of rotatable bonds is 2. The Labute approximate surface area is 276 Å². The van der Waals surface area contributed by atoms with Crippen LogP contribution in [0.4, 0.5) is 0 Å². The monoisotopic (exact) mass is 621 g/mol. The Balaban J connectivity index is -0.0000000125. The molecule has 276 valence electrons. The molecule has 0 aliphatic rings. The highest BCUT2D eigenvalue weighted by Crippen LogP contribution is 1.72. The van der Waals surface area contributed by atoms with Gasteiger partial charge in [-0.2, -0.15) is 0 Å². The van der Waals surface area contributed by atoms with Crippen LogP contribution < -0.4 is 0 Å². The third kappa shape index (κ3) is 7650. The second-order valence-corrected chi connectivity index (χ2v) is 3.93. The summed E-state index contributed by atoms with van der Waals surface area (Å²) < 4.78 is 0. The van der Waals surface area contributed by atoms with Crippen molar-refractivity contribution >= 4 is 23.1 Å². The Morgan fingerprint density at radius 3 is 0.286 bits per heavy atom. The van der Waals surface area contributed by atoms with Crippen LogP contribution in [0.5, 0.6) is 0 Å². The minimum atomic E-state index is 0.167. The molecule has 0 heterocycles. The van der Waals surface area contributed by atoms with Gasteiger partial charge in [0.25, 0.3) is 0 Å². The largest absolute Gasteiger partial charge is 0.300 e. The molecule has 0 atom stereocenters. The van der Waals surface area contributed by atoms with Crippen molar-refractivity contribution in [1.82, 2.24) is 0 Å². The maximum Gasteiger partial charge on any atom is 0.129 e. The summed E-state index contributed by atoms with van der Waals surface area (Å²) in [6.45, 7) is 61.0. The highest BCUT2D eigenvalue weighted by molar-refractivity contribution is 5.75. The van der Waals surface area contributed by atoms with Crippen LogP contribution in [0, 0.1) is 0 Å². The summed E-state index contributed by atoms with van der Waals surface area (Å²) in [6, 6.07) is 0. The van der Waals surface area contributed by atoms with Crippen molar-refractivity contribution < 1.29 is 19.2 Å². The van der Waals surface area contributed by atoms with Gasteiger partial charge in [0, 0.05) is 12.8 Å². The fraction of sp³-hybridized carbons (Fsp3) is 0.895. The van der Waals surface area contributed by atoms with Crippen LogP contribution in [-0.2, 0) is 19.2 Å². The molecule has 0 aromatic heterocycles. The minimum absolute atomic E-state index is 0.167. The van der Waals surface area contributed by atoms with Gasteiger partial charge in [0.1, 0.15) is 23.1 Å². The lowest BCUT2D eigenvalue weighted by atomic mass is 10.4. The summed E-state index contributed by atoms with van der Waals surface area (Å²) in [4.78, 5) is 38.5. The summed E-state index contributed by atoms with van der Waals surface area (Å²) in [5, 5.41) is 0. The first-order valence-corrected chi connectivity index (χ1v) is 17.9. The van der Waals surface area contributed by atoms with Gasteiger partial charge < -0.3 is 19.2 Å². The molecule has 0 unspecified atom stereocenters. The Morgan fingerprint density at radius 1 is 0.262 bits per heavy atom. The third-order valence-corrected chi connectivity index (χ3v) is 0.996. The Bertz CT molecular complexity index is 213. The highest BCUT2D eigenvalue weighted by atomic mass is 16.1. The van der Waals surface area contributed by atoms with Gasteiger partial charge in [-0.15, -0.1) is 0 Å². The van der Waals surface area contributed by atoms with Gasteiger partial charge in [0.15, 0.2) is 0 Å². The average Bonchev–Trinajstić information content (AvgIpc) is 3.08. The van der Waals surface area contributed by atoms with Crippen LogP contribution in [0.3, 0.4) is 0 Å². The van der Waals surface area contributed by atoms with Crippen molar-refractivity contribution in [3.63, 3.8) is 0 Å². The molecule has 0 fully saturated rings. The summed E-state index contributed by atoms with van der Waals surface area (Å²) >= 11 is 0. The molecule has 0 aliphatic carbocycles. The van der Waals surface area contributed by atoms with Gasteiger partial charge in [-0.3, -0.25) is 0 Å². The molecule has 0 aliphatic heterocycles. The quantitative estimate of drug-likeness (QED) is 0.308. The number of Topliss-reactive ketones (excluding diaryl/α,β-unsaturated/α-hetero) is 4. The number of ketones is 4. The maximum atomic E-state index is 9.81. The number of carbonyl (C=O) groups is 4. The van der Waals surface area contributed by atoms with E-state index in [4.69, 9.17) is 0 Å². The lowest BCUT2D eigenvalue weighted by Gasteiger charge is -1.71. The van der Waals surface area contributed by atoms with Gasteiger partial charge in [-0.25, -0.2) is 0 Å². The Hall–Kier alpha value is -1.32. The van der Waals surface area contributed by atoms with Crippen LogP contribution in [0.15, 0.2) is 0 Å². The van der Waals surface area contributed by atoms with Crippen molar-refractivity contribution in [2.24, 2.45) is 0 Å². The summed E-state index contributed by atoms with van der Waals surface area (Å²) in [5.74, 6) is 0.843. The van der Waals surface area contributed by atoms with Crippen LogP contribution >= 0.6 is 0 Å². The molecule has 42 heavy (non-hydrogen) atoms. The first-order chi connectivity index (χ1) is 20.0. The molecule has 0 saturated heterocycles. The van der Waals surface area contributed by atoms with Crippen molar-refractivity contribution in [3.05, 3.63) is 0 Å². The van der Waals surface area contributed by atoms with Crippen LogP contribution in [0.25, 0.3) is 0 Å². The SMILES string of the molecule is CC.CC.CC.CC.CC.CC.CC.CC.CC.CC.CC.CC.CC(C)=O.CC(C)=O.CCC(C)=O.CCC(C)=O. The minimum Gasteiger partial charge on any atom is -0.300 e. The predicted octanol–water partition coefficient (Wildman–Crippen LogP) is 15.5. The molecule has 0 spiro atoms. The van der Waals surface area contributed by atoms with E-state index in [0.29, 0.717) is 12.8 Å². The Kier molecular flexibility index (Phi) is 924. The predicted molar refractivity (Wildman–Crippen MR) is 211 cm³/mol. The zero-order valence-electron chi connectivity index (χ0n) is 37.0. The third-order valence-electron chi connectivity index (χ3n) is 0.996. The summed E-state index contributed by atoms with van der Waals surface area (Å²) in [5.41, 5.74) is 0. The van der Waals surface area contributed by atoms with Crippen molar-refractivity contribution in [2.45, 2.75) is 234 Å². The molecule has 4 nitrogen and oxygen atoms in total. The number of hydrogen-bond acceptors (Lipinski definition) is 4.